The molecule has 0 aliphatic carbocycles. The maximum absolute atomic E-state index is 14.3. The van der Waals surface area contributed by atoms with E-state index in [0.717, 1.165) is 6.42 Å². The van der Waals surface area contributed by atoms with Gasteiger partial charge in [0.1, 0.15) is 18.6 Å². The van der Waals surface area contributed by atoms with Crippen LogP contribution in [-0.4, -0.2) is 115 Å². The molecule has 3 aliphatic heterocycles. The topological polar surface area (TPSA) is 173 Å². The molecule has 268 valence electrons. The first kappa shape index (κ1) is 39.0. The lowest BCUT2D eigenvalue weighted by atomic mass is 9.73. The predicted octanol–water partition coefficient (Wildman–Crippen LogP) is 4.53. The van der Waals surface area contributed by atoms with Crippen molar-refractivity contribution < 1.29 is 43.2 Å². The minimum Gasteiger partial charge on any atom is -0.458 e. The molecule has 3 saturated heterocycles. The number of Topliss-reactive ketones (excluding diaryl/α,β-unsaturated/α-hetero) is 1. The Morgan fingerprint density at radius 2 is 1.72 bits per heavy atom. The Hall–Kier alpha value is -2.48. The molecule has 3 aliphatic rings. The van der Waals surface area contributed by atoms with Crippen molar-refractivity contribution in [2.45, 2.75) is 136 Å². The number of ketones is 1. The number of azide groups is 1. The number of esters is 1. The van der Waals surface area contributed by atoms with Crippen LogP contribution in [0.5, 0.6) is 0 Å². The van der Waals surface area contributed by atoms with E-state index in [2.05, 4.69) is 21.8 Å². The van der Waals surface area contributed by atoms with Crippen LogP contribution in [0.15, 0.2) is 5.11 Å². The molecule has 0 spiro atoms. The molecule has 3 rings (SSSR count). The summed E-state index contributed by atoms with van der Waals surface area (Å²) in [7, 11) is 5.59. The summed E-state index contributed by atoms with van der Waals surface area (Å²) >= 11 is 0. The number of hydrogen-bond donors (Lipinski definition) is 1. The van der Waals surface area contributed by atoms with Crippen LogP contribution < -0.4 is 0 Å². The molecular weight excluding hydrogens is 610 g/mol. The summed E-state index contributed by atoms with van der Waals surface area (Å²) in [5, 5.41) is 15.4. The molecule has 3 fully saturated rings. The van der Waals surface area contributed by atoms with E-state index in [9.17, 15) is 19.5 Å². The van der Waals surface area contributed by atoms with E-state index in [0.29, 0.717) is 0 Å². The summed E-state index contributed by atoms with van der Waals surface area (Å²) in [5.74, 6) is -3.98. The van der Waals surface area contributed by atoms with E-state index in [1.807, 2.05) is 27.9 Å². The number of amides is 1. The fourth-order valence-electron chi connectivity index (χ4n) is 8.20. The highest BCUT2D eigenvalue weighted by Gasteiger charge is 2.60. The van der Waals surface area contributed by atoms with Gasteiger partial charge in [0.2, 0.25) is 0 Å². The van der Waals surface area contributed by atoms with E-state index in [4.69, 9.17) is 29.2 Å². The van der Waals surface area contributed by atoms with Crippen LogP contribution in [0, 0.1) is 29.6 Å². The zero-order chi connectivity index (χ0) is 35.6. The standard InChI is InChI=1S/C33H57N5O9/c1-13-24-33(9)27(38(16-35-36-34)31(42)47-33)20(5)25(39)17(2)15-32(8,43-12)28(21(6)26(40)22(7)29(41)45-24)46-30-19(4)23(37(10)11)14-18(3)44-30/h17-24,26-28,30,40H,13-16H2,1-12H3/t17-,18?,19?,20+,21+,22-,23?,24-,26+,27-,28-,30?,32+,33-/m1/s1. The highest BCUT2D eigenvalue weighted by atomic mass is 16.7. The highest BCUT2D eigenvalue weighted by Crippen LogP contribution is 2.43. The molecule has 14 nitrogen and oxygen atoms in total. The Kier molecular flexibility index (Phi) is 12.8. The Labute approximate surface area is 279 Å². The normalized spacial score (nSPS) is 43.9. The molecule has 3 heterocycles. The molecule has 0 saturated carbocycles. The van der Waals surface area contributed by atoms with Gasteiger partial charge in [0.05, 0.1) is 35.9 Å². The Bertz CT molecular complexity index is 1180. The Morgan fingerprint density at radius 3 is 2.28 bits per heavy atom. The lowest BCUT2D eigenvalue weighted by molar-refractivity contribution is -0.287. The third-order valence-electron chi connectivity index (χ3n) is 11.0. The summed E-state index contributed by atoms with van der Waals surface area (Å²) in [6, 6.07) is -0.742. The third kappa shape index (κ3) is 7.73. The first-order valence-electron chi connectivity index (χ1n) is 16.8. The van der Waals surface area contributed by atoms with Crippen molar-refractivity contribution >= 4 is 17.8 Å². The summed E-state index contributed by atoms with van der Waals surface area (Å²) < 4.78 is 31.2. The average molecular weight is 668 g/mol. The molecule has 14 heteroatoms. The largest absolute Gasteiger partial charge is 0.458 e. The van der Waals surface area contributed by atoms with Crippen LogP contribution in [-0.2, 0) is 33.3 Å². The zero-order valence-corrected chi connectivity index (χ0v) is 30.2. The maximum atomic E-state index is 14.3. The van der Waals surface area contributed by atoms with Crippen LogP contribution in [0.4, 0.5) is 4.79 Å². The van der Waals surface area contributed by atoms with Gasteiger partial charge in [0, 0.05) is 41.7 Å². The van der Waals surface area contributed by atoms with E-state index in [-0.39, 0.29) is 43.4 Å². The van der Waals surface area contributed by atoms with Crippen LogP contribution in [0.25, 0.3) is 10.4 Å². The number of nitrogens with zero attached hydrogens (tertiary/aromatic N) is 5. The van der Waals surface area contributed by atoms with Crippen molar-refractivity contribution in [1.82, 2.24) is 9.80 Å². The summed E-state index contributed by atoms with van der Waals surface area (Å²) in [6.45, 7) is 15.9. The van der Waals surface area contributed by atoms with Crippen molar-refractivity contribution in [2.75, 3.05) is 27.9 Å². The van der Waals surface area contributed by atoms with Crippen molar-refractivity contribution in [3.8, 4) is 0 Å². The SMILES string of the molecule is CC[C@H]1OC(=O)[C@H](C)[C@@H](O)[C@H](C)[C@@H](OC2OC(C)CC(N(C)C)C2C)[C@@](C)(OC)C[C@@H](C)C(=O)[C@H](C)[C@H]2N(CN=[N+]=[N-])C(=O)O[C@]12C. The van der Waals surface area contributed by atoms with Crippen LogP contribution in [0.3, 0.4) is 0 Å². The van der Waals surface area contributed by atoms with Crippen molar-refractivity contribution in [3.05, 3.63) is 10.4 Å². The minimum atomic E-state index is -1.45. The molecule has 14 atom stereocenters. The minimum absolute atomic E-state index is 0.0360. The molecule has 0 bridgehead atoms. The van der Waals surface area contributed by atoms with E-state index < -0.39 is 77.6 Å². The average Bonchev–Trinajstić information content (AvgIpc) is 3.28. The molecule has 1 N–H and O–H groups in total. The number of fused-ring (bicyclic) bond motifs is 1. The molecule has 0 aromatic heterocycles. The van der Waals surface area contributed by atoms with Gasteiger partial charge in [-0.25, -0.2) is 4.79 Å². The Morgan fingerprint density at radius 1 is 1.09 bits per heavy atom. The molecule has 0 aromatic carbocycles. The first-order valence-corrected chi connectivity index (χ1v) is 16.8. The van der Waals surface area contributed by atoms with Gasteiger partial charge in [0.15, 0.2) is 11.9 Å². The number of aliphatic hydroxyl groups excluding tert-OH is 1. The van der Waals surface area contributed by atoms with Crippen molar-refractivity contribution in [1.29, 1.82) is 0 Å². The third-order valence-corrected chi connectivity index (χ3v) is 11.0. The molecule has 47 heavy (non-hydrogen) atoms. The lowest BCUT2D eigenvalue weighted by Gasteiger charge is -2.48. The quantitative estimate of drug-likeness (QED) is 0.176. The number of cyclic esters (lactones) is 1. The van der Waals surface area contributed by atoms with Gasteiger partial charge in [0.25, 0.3) is 0 Å². The van der Waals surface area contributed by atoms with E-state index in [1.165, 1.54) is 4.90 Å². The molecule has 4 unspecified atom stereocenters. The summed E-state index contributed by atoms with van der Waals surface area (Å²) in [6.07, 6.45) is -3.23. The van der Waals surface area contributed by atoms with Gasteiger partial charge in [-0.1, -0.05) is 39.7 Å². The first-order chi connectivity index (χ1) is 21.9. The second-order valence-electron chi connectivity index (χ2n) is 14.6. The molecular formula is C33H57N5O9. The van der Waals surface area contributed by atoms with Gasteiger partial charge in [-0.05, 0) is 66.6 Å². The fourth-order valence-corrected chi connectivity index (χ4v) is 8.20. The fraction of sp³-hybridized carbons (Fsp3) is 0.909. The number of methoxy groups -OCH3 is 1. The molecule has 1 amide bonds. The number of aliphatic hydroxyl groups is 1. The number of hydrogen-bond acceptors (Lipinski definition) is 11. The van der Waals surface area contributed by atoms with Crippen molar-refractivity contribution in [3.63, 3.8) is 0 Å². The highest BCUT2D eigenvalue weighted by molar-refractivity contribution is 5.85. The second kappa shape index (κ2) is 15.4. The Balaban J connectivity index is 2.14. The molecule has 0 radical (unpaired) electrons. The van der Waals surface area contributed by atoms with E-state index in [1.54, 1.807) is 48.7 Å². The van der Waals surface area contributed by atoms with Crippen LogP contribution in [0.2, 0.25) is 0 Å². The number of ether oxygens (including phenoxy) is 5. The van der Waals surface area contributed by atoms with Gasteiger partial charge >= 0.3 is 12.1 Å². The van der Waals surface area contributed by atoms with Gasteiger partial charge in [-0.15, -0.1) is 0 Å². The zero-order valence-electron chi connectivity index (χ0n) is 30.2. The predicted molar refractivity (Wildman–Crippen MR) is 173 cm³/mol. The van der Waals surface area contributed by atoms with Crippen LogP contribution in [0.1, 0.15) is 81.6 Å². The molecule has 0 aromatic rings. The maximum Gasteiger partial charge on any atom is 0.411 e. The van der Waals surface area contributed by atoms with Crippen molar-refractivity contribution in [2.24, 2.45) is 34.7 Å². The number of rotatable bonds is 7. The van der Waals surface area contributed by atoms with Crippen LogP contribution >= 0.6 is 0 Å². The second-order valence-corrected chi connectivity index (χ2v) is 14.6. The van der Waals surface area contributed by atoms with Gasteiger partial charge in [-0.3, -0.25) is 14.5 Å². The smallest absolute Gasteiger partial charge is 0.411 e. The lowest BCUT2D eigenvalue weighted by Crippen LogP contribution is -2.59. The summed E-state index contributed by atoms with van der Waals surface area (Å²) in [5.41, 5.74) is 6.46. The number of carbonyl (C=O) groups excluding carboxylic acids is 3. The van der Waals surface area contributed by atoms with Gasteiger partial charge < -0.3 is 33.7 Å². The number of carbonyl (C=O) groups is 3. The van der Waals surface area contributed by atoms with E-state index >= 15 is 0 Å². The monoisotopic (exact) mass is 667 g/mol. The summed E-state index contributed by atoms with van der Waals surface area (Å²) in [4.78, 5) is 47.4. The van der Waals surface area contributed by atoms with Gasteiger partial charge in [-0.2, -0.15) is 0 Å².